The van der Waals surface area contributed by atoms with Crippen LogP contribution >= 0.6 is 34.5 Å². The molecule has 1 aromatic rings. The molecular formula is C11H11Cl2NO2S2. The van der Waals surface area contributed by atoms with Crippen LogP contribution in [-0.4, -0.2) is 25.8 Å². The summed E-state index contributed by atoms with van der Waals surface area (Å²) in [6, 6.07) is 1.40. The highest BCUT2D eigenvalue weighted by Gasteiger charge is 2.30. The Balaban J connectivity index is 2.20. The zero-order valence-electron chi connectivity index (χ0n) is 9.40. The van der Waals surface area contributed by atoms with E-state index in [-0.39, 0.29) is 15.1 Å². The first-order valence-electron chi connectivity index (χ1n) is 5.36. The molecule has 2 heterocycles. The third-order valence-electron chi connectivity index (χ3n) is 2.91. The Morgan fingerprint density at radius 1 is 1.39 bits per heavy atom. The van der Waals surface area contributed by atoms with Gasteiger partial charge in [0.2, 0.25) is 0 Å². The summed E-state index contributed by atoms with van der Waals surface area (Å²) in [5, 5.41) is 0.277. The Bertz CT molecular complexity index is 561. The van der Waals surface area contributed by atoms with Gasteiger partial charge in [0.15, 0.2) is 0 Å². The number of nitrogens with zero attached hydrogens (tertiary/aromatic N) is 1. The zero-order valence-corrected chi connectivity index (χ0v) is 12.5. The predicted octanol–water partition coefficient (Wildman–Crippen LogP) is 3.09. The standard InChI is InChI=1S/C11H11Cl2NO2S2/c1-2-8-3-5-14(6-4-8)18(15,16)10-7-9(12)11(13)17-10/h1,7-8H,3-6H2. The lowest BCUT2D eigenvalue weighted by Crippen LogP contribution is -2.37. The van der Waals surface area contributed by atoms with Crippen LogP contribution in [0.15, 0.2) is 10.3 Å². The lowest BCUT2D eigenvalue weighted by molar-refractivity contribution is 0.312. The molecule has 1 fully saturated rings. The van der Waals surface area contributed by atoms with Crippen molar-refractivity contribution in [1.82, 2.24) is 4.31 Å². The van der Waals surface area contributed by atoms with Crippen LogP contribution < -0.4 is 0 Å². The summed E-state index contributed by atoms with van der Waals surface area (Å²) >= 11 is 12.6. The molecule has 1 aromatic heterocycles. The summed E-state index contributed by atoms with van der Waals surface area (Å²) in [5.74, 6) is 2.84. The van der Waals surface area contributed by atoms with Crippen molar-refractivity contribution < 1.29 is 8.42 Å². The van der Waals surface area contributed by atoms with Crippen molar-refractivity contribution in [3.8, 4) is 12.3 Å². The Morgan fingerprint density at radius 3 is 2.44 bits per heavy atom. The summed E-state index contributed by atoms with van der Waals surface area (Å²) in [6.45, 7) is 0.897. The fraction of sp³-hybridized carbons (Fsp3) is 0.455. The van der Waals surface area contributed by atoms with Crippen molar-refractivity contribution in [3.63, 3.8) is 0 Å². The monoisotopic (exact) mass is 323 g/mol. The Morgan fingerprint density at radius 2 is 2.00 bits per heavy atom. The largest absolute Gasteiger partial charge is 0.252 e. The van der Waals surface area contributed by atoms with Gasteiger partial charge in [0, 0.05) is 19.0 Å². The summed E-state index contributed by atoms with van der Waals surface area (Å²) < 4.78 is 26.6. The van der Waals surface area contributed by atoms with E-state index in [2.05, 4.69) is 5.92 Å². The number of terminal acetylenes is 1. The molecule has 0 N–H and O–H groups in total. The number of thiophene rings is 1. The zero-order chi connectivity index (χ0) is 13.3. The third-order valence-corrected chi connectivity index (χ3v) is 7.12. The molecule has 0 aliphatic carbocycles. The van der Waals surface area contributed by atoms with E-state index >= 15 is 0 Å². The van der Waals surface area contributed by atoms with E-state index in [1.165, 1.54) is 10.4 Å². The molecule has 0 saturated carbocycles. The second-order valence-electron chi connectivity index (χ2n) is 4.03. The van der Waals surface area contributed by atoms with Crippen molar-refractivity contribution in [2.45, 2.75) is 17.1 Å². The Kier molecular flexibility index (Phi) is 4.25. The number of hydrogen-bond acceptors (Lipinski definition) is 3. The predicted molar refractivity (Wildman–Crippen MR) is 74.7 cm³/mol. The van der Waals surface area contributed by atoms with Gasteiger partial charge in [-0.25, -0.2) is 8.42 Å². The van der Waals surface area contributed by atoms with Crippen LogP contribution in [-0.2, 0) is 10.0 Å². The number of halogens is 2. The van der Waals surface area contributed by atoms with Crippen molar-refractivity contribution in [2.75, 3.05) is 13.1 Å². The molecule has 98 valence electrons. The van der Waals surface area contributed by atoms with E-state index < -0.39 is 10.0 Å². The van der Waals surface area contributed by atoms with Crippen LogP contribution in [0.25, 0.3) is 0 Å². The molecule has 2 rings (SSSR count). The van der Waals surface area contributed by atoms with E-state index in [1.54, 1.807) is 0 Å². The third kappa shape index (κ3) is 2.68. The number of hydrogen-bond donors (Lipinski definition) is 0. The van der Waals surface area contributed by atoms with Gasteiger partial charge >= 0.3 is 0 Å². The number of rotatable bonds is 2. The summed E-state index contributed by atoms with van der Waals surface area (Å²) in [6.07, 6.45) is 6.74. The lowest BCUT2D eigenvalue weighted by atomic mass is 10.00. The molecule has 0 atom stereocenters. The topological polar surface area (TPSA) is 37.4 Å². The van der Waals surface area contributed by atoms with Gasteiger partial charge in [-0.15, -0.1) is 23.7 Å². The maximum Gasteiger partial charge on any atom is 0.252 e. The Labute approximate surface area is 121 Å². The molecule has 0 amide bonds. The molecule has 0 spiro atoms. The first-order chi connectivity index (χ1) is 8.45. The van der Waals surface area contributed by atoms with Gasteiger partial charge in [0.25, 0.3) is 10.0 Å². The second kappa shape index (κ2) is 5.40. The molecule has 18 heavy (non-hydrogen) atoms. The maximum absolute atomic E-state index is 12.3. The SMILES string of the molecule is C#CC1CCN(S(=O)(=O)c2cc(Cl)c(Cl)s2)CC1. The van der Waals surface area contributed by atoms with Crippen molar-refractivity contribution in [2.24, 2.45) is 5.92 Å². The molecule has 1 aliphatic heterocycles. The molecule has 3 nitrogen and oxygen atoms in total. The molecule has 0 radical (unpaired) electrons. The summed E-state index contributed by atoms with van der Waals surface area (Å²) in [5.41, 5.74) is 0. The summed E-state index contributed by atoms with van der Waals surface area (Å²) in [7, 11) is -3.48. The highest BCUT2D eigenvalue weighted by atomic mass is 35.5. The fourth-order valence-corrected chi connectivity index (χ4v) is 5.35. The van der Waals surface area contributed by atoms with Gasteiger partial charge in [0.05, 0.1) is 5.02 Å². The highest BCUT2D eigenvalue weighted by Crippen LogP contribution is 2.36. The minimum absolute atomic E-state index is 0.173. The molecule has 0 aromatic carbocycles. The average molecular weight is 324 g/mol. The van der Waals surface area contributed by atoms with Crippen LogP contribution in [0.4, 0.5) is 0 Å². The summed E-state index contributed by atoms with van der Waals surface area (Å²) in [4.78, 5) is 0. The van der Waals surface area contributed by atoms with Gasteiger partial charge < -0.3 is 0 Å². The van der Waals surface area contributed by atoms with Gasteiger partial charge in [-0.05, 0) is 18.9 Å². The van der Waals surface area contributed by atoms with Gasteiger partial charge in [0.1, 0.15) is 8.55 Å². The first-order valence-corrected chi connectivity index (χ1v) is 8.37. The fourth-order valence-electron chi connectivity index (χ4n) is 1.84. The highest BCUT2D eigenvalue weighted by molar-refractivity contribution is 7.91. The minimum atomic E-state index is -3.48. The molecule has 7 heteroatoms. The van der Waals surface area contributed by atoms with E-state index in [4.69, 9.17) is 29.6 Å². The van der Waals surface area contributed by atoms with E-state index in [1.807, 2.05) is 0 Å². The van der Waals surface area contributed by atoms with Crippen molar-refractivity contribution >= 4 is 44.6 Å². The van der Waals surface area contributed by atoms with Crippen LogP contribution in [0.1, 0.15) is 12.8 Å². The maximum atomic E-state index is 12.3. The number of piperidine rings is 1. The second-order valence-corrected chi connectivity index (χ2v) is 8.26. The van der Waals surface area contributed by atoms with Gasteiger partial charge in [-0.2, -0.15) is 4.31 Å². The molecule has 0 bridgehead atoms. The first kappa shape index (κ1) is 14.2. The van der Waals surface area contributed by atoms with E-state index in [9.17, 15) is 8.42 Å². The molecular weight excluding hydrogens is 313 g/mol. The van der Waals surface area contributed by atoms with Crippen LogP contribution in [0.5, 0.6) is 0 Å². The van der Waals surface area contributed by atoms with Crippen LogP contribution in [0.3, 0.4) is 0 Å². The van der Waals surface area contributed by atoms with E-state index in [0.29, 0.717) is 30.3 Å². The normalized spacial score (nSPS) is 18.7. The molecule has 1 saturated heterocycles. The van der Waals surface area contributed by atoms with Crippen molar-refractivity contribution in [1.29, 1.82) is 0 Å². The van der Waals surface area contributed by atoms with Crippen LogP contribution in [0.2, 0.25) is 9.36 Å². The van der Waals surface area contributed by atoms with Crippen molar-refractivity contribution in [3.05, 3.63) is 15.4 Å². The van der Waals surface area contributed by atoms with Gasteiger partial charge in [-0.3, -0.25) is 0 Å². The molecule has 1 aliphatic rings. The Hall–Kier alpha value is -0.250. The van der Waals surface area contributed by atoms with Crippen LogP contribution in [0, 0.1) is 18.3 Å². The van der Waals surface area contributed by atoms with Gasteiger partial charge in [-0.1, -0.05) is 23.2 Å². The average Bonchev–Trinajstić information content (AvgIpc) is 2.70. The minimum Gasteiger partial charge on any atom is -0.206 e. The molecule has 0 unspecified atom stereocenters. The van der Waals surface area contributed by atoms with E-state index in [0.717, 1.165) is 11.3 Å². The quantitative estimate of drug-likeness (QED) is 0.784. The number of sulfonamides is 1. The lowest BCUT2D eigenvalue weighted by Gasteiger charge is -2.28. The smallest absolute Gasteiger partial charge is 0.206 e.